The fourth-order valence-corrected chi connectivity index (χ4v) is 2.71. The van der Waals surface area contributed by atoms with E-state index in [0.29, 0.717) is 11.4 Å². The molecule has 2 aromatic carbocycles. The maximum Gasteiger partial charge on any atom is 0.134 e. The number of nitrogens with zero attached hydrogens (tertiary/aromatic N) is 1. The van der Waals surface area contributed by atoms with Crippen molar-refractivity contribution in [2.24, 2.45) is 0 Å². The van der Waals surface area contributed by atoms with Gasteiger partial charge >= 0.3 is 0 Å². The molecule has 1 aromatic heterocycles. The van der Waals surface area contributed by atoms with E-state index in [4.69, 9.17) is 15.7 Å². The van der Waals surface area contributed by atoms with Crippen molar-refractivity contribution in [2.75, 3.05) is 20.6 Å². The number of hydrogen-bond donors (Lipinski definition) is 0. The van der Waals surface area contributed by atoms with Gasteiger partial charge in [-0.2, -0.15) is 0 Å². The van der Waals surface area contributed by atoms with E-state index < -0.39 is 48.4 Å². The smallest absolute Gasteiger partial charge is 0.134 e. The highest BCUT2D eigenvalue weighted by molar-refractivity contribution is 7.10. The van der Waals surface area contributed by atoms with Crippen molar-refractivity contribution in [3.05, 3.63) is 64.7 Å². The lowest BCUT2D eigenvalue weighted by Crippen LogP contribution is -2.18. The molecule has 1 heterocycles. The zero-order valence-electron chi connectivity index (χ0n) is 20.4. The first-order valence-corrected chi connectivity index (χ1v) is 7.75. The summed E-state index contributed by atoms with van der Waals surface area (Å²) in [5.41, 5.74) is 0. The Balaban J connectivity index is 2.31. The molecule has 0 bridgehead atoms. The molecule has 3 heteroatoms. The molecular weight excluding hydrogens is 290 g/mol. The van der Waals surface area contributed by atoms with Gasteiger partial charge in [0.25, 0.3) is 0 Å². The Kier molecular flexibility index (Phi) is 2.57. The maximum atomic E-state index is 9.00. The third-order valence-electron chi connectivity index (χ3n) is 3.09. The molecule has 0 spiro atoms. The molecular formula is C19H21NOS. The average molecular weight is 319 g/mol. The molecule has 114 valence electrons. The number of ether oxygens (including phenoxy) is 1. The van der Waals surface area contributed by atoms with Crippen LogP contribution in [0, 0.1) is 0 Å². The fourth-order valence-electron chi connectivity index (χ4n) is 1.98. The van der Waals surface area contributed by atoms with Crippen LogP contribution in [0.15, 0.2) is 59.8 Å². The summed E-state index contributed by atoms with van der Waals surface area (Å²) in [5.74, 6) is -0.278. The van der Waals surface area contributed by atoms with E-state index in [1.165, 1.54) is 11.3 Å². The van der Waals surface area contributed by atoms with E-state index in [2.05, 4.69) is 0 Å². The van der Waals surface area contributed by atoms with Crippen LogP contribution in [0.1, 0.15) is 28.3 Å². The third kappa shape index (κ3) is 3.49. The molecule has 3 rings (SSSR count). The summed E-state index contributed by atoms with van der Waals surface area (Å²) in [6.45, 7) is 0.495. The van der Waals surface area contributed by atoms with Crippen molar-refractivity contribution in [2.45, 2.75) is 12.5 Å². The number of benzene rings is 2. The first-order valence-electron chi connectivity index (χ1n) is 10.9. The predicted octanol–water partition coefficient (Wildman–Crippen LogP) is 4.97. The first-order chi connectivity index (χ1) is 14.0. The molecule has 0 amide bonds. The van der Waals surface area contributed by atoms with E-state index in [9.17, 15) is 0 Å². The molecule has 0 saturated carbocycles. The molecule has 3 aromatic rings. The molecule has 0 aliphatic rings. The van der Waals surface area contributed by atoms with Crippen LogP contribution >= 0.6 is 11.3 Å². The molecule has 0 radical (unpaired) electrons. The summed E-state index contributed by atoms with van der Waals surface area (Å²) < 4.78 is 72.1. The number of hydrogen-bond acceptors (Lipinski definition) is 3. The summed E-state index contributed by atoms with van der Waals surface area (Å²) in [6, 6.07) is 0.0966. The van der Waals surface area contributed by atoms with Gasteiger partial charge in [-0.3, -0.25) is 0 Å². The van der Waals surface area contributed by atoms with Gasteiger partial charge in [0.2, 0.25) is 0 Å². The monoisotopic (exact) mass is 319 g/mol. The van der Waals surface area contributed by atoms with Crippen molar-refractivity contribution in [3.63, 3.8) is 0 Å². The second-order valence-corrected chi connectivity index (χ2v) is 5.96. The van der Waals surface area contributed by atoms with E-state index in [-0.39, 0.29) is 22.9 Å². The molecule has 0 saturated heterocycles. The van der Waals surface area contributed by atoms with Gasteiger partial charge in [0.15, 0.2) is 0 Å². The van der Waals surface area contributed by atoms with Gasteiger partial charge in [0.1, 0.15) is 11.8 Å². The highest BCUT2D eigenvalue weighted by atomic mass is 32.1. The standard InChI is InChI=1S/C19H21NOS/c1-20(2)13-12-18(19-11-6-14-22-19)21-17-10-5-8-15-7-3-4-9-16(15)17/h3-11,14,18H,12-13H2,1-2H3/t18-/m0/s1/i3D,4D,5D,7D,8D,9D,10D,18D. The zero-order valence-corrected chi connectivity index (χ0v) is 13.2. The van der Waals surface area contributed by atoms with E-state index in [1.54, 1.807) is 17.5 Å². The minimum absolute atomic E-state index is 0.148. The molecule has 0 aliphatic heterocycles. The second kappa shape index (κ2) is 6.95. The van der Waals surface area contributed by atoms with Crippen molar-refractivity contribution < 1.29 is 15.7 Å². The molecule has 1 atom stereocenters. The lowest BCUT2D eigenvalue weighted by atomic mass is 10.1. The van der Waals surface area contributed by atoms with Crippen molar-refractivity contribution in [3.8, 4) is 5.75 Å². The van der Waals surface area contributed by atoms with Gasteiger partial charge in [0, 0.05) is 23.2 Å². The van der Waals surface area contributed by atoms with E-state index in [1.807, 2.05) is 19.0 Å². The summed E-state index contributed by atoms with van der Waals surface area (Å²) in [5, 5.41) is 1.47. The fraction of sp³-hybridized carbons (Fsp3) is 0.263. The van der Waals surface area contributed by atoms with E-state index in [0.717, 1.165) is 0 Å². The van der Waals surface area contributed by atoms with Crippen LogP contribution in [0.3, 0.4) is 0 Å². The molecule has 2 nitrogen and oxygen atoms in total. The highest BCUT2D eigenvalue weighted by Gasteiger charge is 2.16. The van der Waals surface area contributed by atoms with Gasteiger partial charge in [-0.1, -0.05) is 42.3 Å². The van der Waals surface area contributed by atoms with Crippen molar-refractivity contribution >= 4 is 22.1 Å². The highest BCUT2D eigenvalue weighted by Crippen LogP contribution is 2.32. The molecule has 22 heavy (non-hydrogen) atoms. The van der Waals surface area contributed by atoms with Crippen LogP contribution in [0.4, 0.5) is 0 Å². The molecule has 0 fully saturated rings. The van der Waals surface area contributed by atoms with Crippen molar-refractivity contribution in [1.82, 2.24) is 4.90 Å². The summed E-state index contributed by atoms with van der Waals surface area (Å²) in [4.78, 5) is 2.45. The second-order valence-electron chi connectivity index (χ2n) is 5.01. The summed E-state index contributed by atoms with van der Waals surface area (Å²) in [7, 11) is 3.71. The lowest BCUT2D eigenvalue weighted by molar-refractivity contribution is 0.185. The third-order valence-corrected chi connectivity index (χ3v) is 4.00. The van der Waals surface area contributed by atoms with Gasteiger partial charge in [0.05, 0.1) is 11.0 Å². The van der Waals surface area contributed by atoms with Crippen LogP contribution in [0.25, 0.3) is 10.8 Å². The molecule has 0 unspecified atom stereocenters. The molecule has 0 aliphatic carbocycles. The van der Waals surface area contributed by atoms with Crippen LogP contribution in [0.2, 0.25) is 0 Å². The van der Waals surface area contributed by atoms with Gasteiger partial charge < -0.3 is 9.64 Å². The minimum Gasteiger partial charge on any atom is -0.484 e. The predicted molar refractivity (Wildman–Crippen MR) is 94.8 cm³/mol. The Labute approximate surface area is 147 Å². The van der Waals surface area contributed by atoms with E-state index >= 15 is 0 Å². The Hall–Kier alpha value is -1.84. The quantitative estimate of drug-likeness (QED) is 0.636. The van der Waals surface area contributed by atoms with Crippen LogP contribution < -0.4 is 4.74 Å². The van der Waals surface area contributed by atoms with Crippen LogP contribution in [-0.2, 0) is 0 Å². The zero-order chi connectivity index (χ0) is 22.4. The largest absolute Gasteiger partial charge is 0.484 e. The maximum absolute atomic E-state index is 9.00. The Bertz CT molecular complexity index is 1090. The van der Waals surface area contributed by atoms with Crippen molar-refractivity contribution in [1.29, 1.82) is 0 Å². The summed E-state index contributed by atoms with van der Waals surface area (Å²) >= 11 is 1.31. The van der Waals surface area contributed by atoms with Crippen LogP contribution in [0.5, 0.6) is 5.75 Å². The normalized spacial score (nSPS) is 19.2. The lowest BCUT2D eigenvalue weighted by Gasteiger charge is -2.21. The average Bonchev–Trinajstić information content (AvgIpc) is 3.25. The van der Waals surface area contributed by atoms with Crippen LogP contribution in [-0.4, -0.2) is 25.5 Å². The Morgan fingerprint density at radius 1 is 1.23 bits per heavy atom. The first kappa shape index (κ1) is 8.14. The van der Waals surface area contributed by atoms with Gasteiger partial charge in [-0.25, -0.2) is 0 Å². The van der Waals surface area contributed by atoms with Gasteiger partial charge in [-0.05, 0) is 37.0 Å². The Morgan fingerprint density at radius 3 is 2.82 bits per heavy atom. The number of fused-ring (bicyclic) bond motifs is 1. The van der Waals surface area contributed by atoms with Gasteiger partial charge in [-0.15, -0.1) is 11.3 Å². The Morgan fingerprint density at radius 2 is 2.05 bits per heavy atom. The SMILES string of the molecule is [2H]c1c([2H])c([2H])c2c(O[C@@]([2H])(CCN(C)C)c3cccs3)c([2H])c([2H])c([2H])c2c1[2H]. The number of rotatable bonds is 6. The molecule has 0 N–H and O–H groups in total. The summed E-state index contributed by atoms with van der Waals surface area (Å²) in [6.07, 6.45) is -1.41. The topological polar surface area (TPSA) is 12.5 Å². The number of thiophene rings is 1. The minimum atomic E-state index is -1.63.